The van der Waals surface area contributed by atoms with Crippen molar-refractivity contribution in [3.05, 3.63) is 29.8 Å². The number of carbonyl (C=O) groups excluding carboxylic acids is 1. The number of ether oxygens (including phenoxy) is 1. The van der Waals surface area contributed by atoms with Crippen molar-refractivity contribution in [2.24, 2.45) is 0 Å². The van der Waals surface area contributed by atoms with Gasteiger partial charge >= 0.3 is 0 Å². The van der Waals surface area contributed by atoms with Gasteiger partial charge in [-0.15, -0.1) is 0 Å². The SMILES string of the molecule is C[C@H](Oc1ccccc1C#N)C(=O)N1CCCSCC1. The number of carbonyl (C=O) groups is 1. The lowest BCUT2D eigenvalue weighted by Crippen LogP contribution is -2.41. The third-order valence-electron chi connectivity index (χ3n) is 3.19. The maximum absolute atomic E-state index is 12.4. The first-order valence-electron chi connectivity index (χ1n) is 6.74. The molecule has 5 heteroatoms. The molecule has 0 spiro atoms. The molecule has 0 radical (unpaired) electrons. The molecule has 0 bridgehead atoms. The summed E-state index contributed by atoms with van der Waals surface area (Å²) in [6.45, 7) is 3.31. The van der Waals surface area contributed by atoms with Crippen LogP contribution in [0.1, 0.15) is 18.9 Å². The van der Waals surface area contributed by atoms with Crippen molar-refractivity contribution in [3.8, 4) is 11.8 Å². The second kappa shape index (κ2) is 7.20. The number of rotatable bonds is 3. The van der Waals surface area contributed by atoms with Gasteiger partial charge in [0.1, 0.15) is 11.8 Å². The minimum Gasteiger partial charge on any atom is -0.480 e. The van der Waals surface area contributed by atoms with E-state index in [0.717, 1.165) is 31.0 Å². The first-order chi connectivity index (χ1) is 9.72. The van der Waals surface area contributed by atoms with Crippen molar-refractivity contribution in [1.82, 2.24) is 4.90 Å². The number of amides is 1. The van der Waals surface area contributed by atoms with E-state index >= 15 is 0 Å². The molecule has 1 aromatic rings. The Hall–Kier alpha value is -1.67. The quantitative estimate of drug-likeness (QED) is 0.857. The third kappa shape index (κ3) is 3.67. The zero-order valence-corrected chi connectivity index (χ0v) is 12.4. The first kappa shape index (κ1) is 14.7. The van der Waals surface area contributed by atoms with Gasteiger partial charge in [0.05, 0.1) is 5.56 Å². The Morgan fingerprint density at radius 2 is 2.20 bits per heavy atom. The molecule has 0 aliphatic carbocycles. The van der Waals surface area contributed by atoms with E-state index in [4.69, 9.17) is 10.00 Å². The van der Waals surface area contributed by atoms with Gasteiger partial charge in [0.25, 0.3) is 5.91 Å². The average Bonchev–Trinajstić information content (AvgIpc) is 2.76. The molecule has 0 saturated carbocycles. The molecule has 20 heavy (non-hydrogen) atoms. The number of thioether (sulfide) groups is 1. The van der Waals surface area contributed by atoms with E-state index in [0.29, 0.717) is 11.3 Å². The number of nitriles is 1. The van der Waals surface area contributed by atoms with Gasteiger partial charge in [-0.25, -0.2) is 0 Å². The van der Waals surface area contributed by atoms with Gasteiger partial charge in [-0.05, 0) is 31.2 Å². The average molecular weight is 290 g/mol. The molecule has 0 N–H and O–H groups in total. The monoisotopic (exact) mass is 290 g/mol. The van der Waals surface area contributed by atoms with E-state index in [1.54, 1.807) is 31.2 Å². The van der Waals surface area contributed by atoms with Crippen LogP contribution in [-0.2, 0) is 4.79 Å². The molecule has 106 valence electrons. The molecule has 4 nitrogen and oxygen atoms in total. The van der Waals surface area contributed by atoms with E-state index in [1.807, 2.05) is 16.7 Å². The zero-order valence-electron chi connectivity index (χ0n) is 11.5. The van der Waals surface area contributed by atoms with E-state index in [2.05, 4.69) is 6.07 Å². The molecule has 1 aromatic carbocycles. The first-order valence-corrected chi connectivity index (χ1v) is 7.90. The fourth-order valence-corrected chi connectivity index (χ4v) is 3.01. The Bertz CT molecular complexity index is 505. The highest BCUT2D eigenvalue weighted by Crippen LogP contribution is 2.19. The minimum atomic E-state index is -0.562. The molecule has 1 amide bonds. The Kier molecular flexibility index (Phi) is 5.31. The fourth-order valence-electron chi connectivity index (χ4n) is 2.13. The number of hydrogen-bond acceptors (Lipinski definition) is 4. The standard InChI is InChI=1S/C15H18N2O2S/c1-12(15(18)17-7-4-9-20-10-8-17)19-14-6-3-2-5-13(14)11-16/h2-3,5-6,12H,4,7-10H2,1H3/t12-/m0/s1. The van der Waals surface area contributed by atoms with Crippen LogP contribution in [0.15, 0.2) is 24.3 Å². The summed E-state index contributed by atoms with van der Waals surface area (Å²) in [5.41, 5.74) is 0.457. The van der Waals surface area contributed by atoms with Crippen LogP contribution in [0.4, 0.5) is 0 Å². The van der Waals surface area contributed by atoms with Gasteiger partial charge in [-0.1, -0.05) is 12.1 Å². The van der Waals surface area contributed by atoms with Crippen molar-refractivity contribution in [2.75, 3.05) is 24.6 Å². The molecule has 1 aliphatic rings. The largest absolute Gasteiger partial charge is 0.480 e. The second-order valence-corrected chi connectivity index (χ2v) is 5.88. The number of hydrogen-bond donors (Lipinski definition) is 0. The smallest absolute Gasteiger partial charge is 0.263 e. The normalized spacial score (nSPS) is 16.9. The summed E-state index contributed by atoms with van der Waals surface area (Å²) in [5, 5.41) is 9.03. The van der Waals surface area contributed by atoms with Gasteiger partial charge in [-0.2, -0.15) is 17.0 Å². The van der Waals surface area contributed by atoms with Crippen LogP contribution in [0, 0.1) is 11.3 Å². The van der Waals surface area contributed by atoms with Crippen LogP contribution < -0.4 is 4.74 Å². The molecule has 1 atom stereocenters. The van der Waals surface area contributed by atoms with Crippen LogP contribution in [0.2, 0.25) is 0 Å². The lowest BCUT2D eigenvalue weighted by molar-refractivity contribution is -0.137. The zero-order chi connectivity index (χ0) is 14.4. The van der Waals surface area contributed by atoms with Gasteiger partial charge in [-0.3, -0.25) is 4.79 Å². The van der Waals surface area contributed by atoms with Gasteiger partial charge in [0, 0.05) is 18.8 Å². The highest BCUT2D eigenvalue weighted by molar-refractivity contribution is 7.99. The lowest BCUT2D eigenvalue weighted by atomic mass is 10.2. The van der Waals surface area contributed by atoms with Crippen LogP contribution in [0.25, 0.3) is 0 Å². The Labute approximate surface area is 123 Å². The van der Waals surface area contributed by atoms with Gasteiger partial charge in [0.2, 0.25) is 0 Å². The summed E-state index contributed by atoms with van der Waals surface area (Å²) in [5.74, 6) is 2.56. The number of para-hydroxylation sites is 1. The summed E-state index contributed by atoms with van der Waals surface area (Å²) >= 11 is 1.88. The van der Waals surface area contributed by atoms with Crippen molar-refractivity contribution in [3.63, 3.8) is 0 Å². The molecule has 1 heterocycles. The summed E-state index contributed by atoms with van der Waals surface area (Å²) in [6, 6.07) is 9.07. The maximum atomic E-state index is 12.4. The molecule has 0 aromatic heterocycles. The Balaban J connectivity index is 2.01. The van der Waals surface area contributed by atoms with Crippen LogP contribution >= 0.6 is 11.8 Å². The number of nitrogens with zero attached hydrogens (tertiary/aromatic N) is 2. The molecule has 1 aliphatic heterocycles. The maximum Gasteiger partial charge on any atom is 0.263 e. The highest BCUT2D eigenvalue weighted by Gasteiger charge is 2.23. The lowest BCUT2D eigenvalue weighted by Gasteiger charge is -2.24. The molecular formula is C15H18N2O2S. The highest BCUT2D eigenvalue weighted by atomic mass is 32.2. The van der Waals surface area contributed by atoms with Crippen molar-refractivity contribution < 1.29 is 9.53 Å². The van der Waals surface area contributed by atoms with Gasteiger partial charge in [0.15, 0.2) is 6.10 Å². The van der Waals surface area contributed by atoms with E-state index in [1.165, 1.54) is 0 Å². The van der Waals surface area contributed by atoms with Gasteiger partial charge < -0.3 is 9.64 Å². The van der Waals surface area contributed by atoms with E-state index in [-0.39, 0.29) is 5.91 Å². The summed E-state index contributed by atoms with van der Waals surface area (Å²) in [4.78, 5) is 14.2. The summed E-state index contributed by atoms with van der Waals surface area (Å²) < 4.78 is 5.67. The molecule has 1 fully saturated rings. The molecular weight excluding hydrogens is 272 g/mol. The van der Waals surface area contributed by atoms with E-state index in [9.17, 15) is 4.79 Å². The van der Waals surface area contributed by atoms with Crippen LogP contribution in [0.5, 0.6) is 5.75 Å². The fraction of sp³-hybridized carbons (Fsp3) is 0.467. The Morgan fingerprint density at radius 1 is 1.40 bits per heavy atom. The van der Waals surface area contributed by atoms with E-state index < -0.39 is 6.10 Å². The molecule has 2 rings (SSSR count). The third-order valence-corrected chi connectivity index (χ3v) is 4.24. The van der Waals surface area contributed by atoms with Crippen molar-refractivity contribution in [1.29, 1.82) is 5.26 Å². The molecule has 0 unspecified atom stereocenters. The summed E-state index contributed by atoms with van der Waals surface area (Å²) in [6.07, 6.45) is 0.463. The van der Waals surface area contributed by atoms with Crippen LogP contribution in [0.3, 0.4) is 0 Å². The summed E-state index contributed by atoms with van der Waals surface area (Å²) in [7, 11) is 0. The predicted octanol–water partition coefficient (Wildman–Crippen LogP) is 2.29. The predicted molar refractivity (Wildman–Crippen MR) is 79.8 cm³/mol. The van der Waals surface area contributed by atoms with Crippen LogP contribution in [-0.4, -0.2) is 41.5 Å². The second-order valence-electron chi connectivity index (χ2n) is 4.66. The Morgan fingerprint density at radius 3 is 3.00 bits per heavy atom. The number of benzene rings is 1. The van der Waals surface area contributed by atoms with Crippen molar-refractivity contribution >= 4 is 17.7 Å². The topological polar surface area (TPSA) is 53.3 Å². The minimum absolute atomic E-state index is 0.000225. The molecule has 1 saturated heterocycles. The van der Waals surface area contributed by atoms with Crippen molar-refractivity contribution in [2.45, 2.75) is 19.4 Å².